The maximum atomic E-state index is 13.7. The summed E-state index contributed by atoms with van der Waals surface area (Å²) in [5.41, 5.74) is 10.4. The molecule has 1 aromatic rings. The van der Waals surface area contributed by atoms with Gasteiger partial charge in [-0.1, -0.05) is 15.9 Å². The van der Waals surface area contributed by atoms with Gasteiger partial charge in [-0.05, 0) is 12.1 Å². The van der Waals surface area contributed by atoms with Crippen molar-refractivity contribution in [3.63, 3.8) is 0 Å². The highest BCUT2D eigenvalue weighted by Crippen LogP contribution is 2.25. The third kappa shape index (κ3) is 2.93. The van der Waals surface area contributed by atoms with Crippen LogP contribution in [0.4, 0.5) is 4.39 Å². The Hall–Kier alpha value is -1.63. The molecule has 0 bridgehead atoms. The molecule has 0 amide bonds. The summed E-state index contributed by atoms with van der Waals surface area (Å²) >= 11 is 3.18. The van der Waals surface area contributed by atoms with Crippen LogP contribution in [0.3, 0.4) is 0 Å². The number of guanidine groups is 1. The first kappa shape index (κ1) is 12.4. The molecule has 16 heavy (non-hydrogen) atoms. The highest BCUT2D eigenvalue weighted by atomic mass is 79.9. The van der Waals surface area contributed by atoms with E-state index in [-0.39, 0.29) is 17.3 Å². The molecule has 0 saturated carbocycles. The van der Waals surface area contributed by atoms with Gasteiger partial charge < -0.3 is 16.2 Å². The van der Waals surface area contributed by atoms with Gasteiger partial charge >= 0.3 is 0 Å². The fraction of sp³-hybridized carbons (Fsp3) is 0.111. The van der Waals surface area contributed by atoms with Gasteiger partial charge in [0.1, 0.15) is 0 Å². The zero-order chi connectivity index (χ0) is 12.1. The summed E-state index contributed by atoms with van der Waals surface area (Å²) < 4.78 is 19.1. The average Bonchev–Trinajstić information content (AvgIpc) is 2.23. The Kier molecular flexibility index (Phi) is 4.24. The van der Waals surface area contributed by atoms with E-state index in [2.05, 4.69) is 26.1 Å². The molecule has 7 heteroatoms. The Morgan fingerprint density at radius 2 is 2.19 bits per heavy atom. The number of ether oxygens (including phenoxy) is 1. The van der Waals surface area contributed by atoms with Gasteiger partial charge in [0.15, 0.2) is 11.6 Å². The van der Waals surface area contributed by atoms with Crippen molar-refractivity contribution in [3.05, 3.63) is 28.0 Å². The lowest BCUT2D eigenvalue weighted by Crippen LogP contribution is -2.21. The minimum absolute atomic E-state index is 0.120. The Morgan fingerprint density at radius 3 is 2.75 bits per heavy atom. The zero-order valence-corrected chi connectivity index (χ0v) is 10.0. The van der Waals surface area contributed by atoms with Crippen LogP contribution < -0.4 is 16.2 Å². The number of rotatable bonds is 3. The molecule has 0 aliphatic rings. The summed E-state index contributed by atoms with van der Waals surface area (Å²) in [7, 11) is 1.38. The van der Waals surface area contributed by atoms with Gasteiger partial charge in [0.2, 0.25) is 5.96 Å². The fourth-order valence-electron chi connectivity index (χ4n) is 0.979. The van der Waals surface area contributed by atoms with Crippen molar-refractivity contribution >= 4 is 28.1 Å². The predicted molar refractivity (Wildman–Crippen MR) is 64.1 cm³/mol. The van der Waals surface area contributed by atoms with Crippen LogP contribution >= 0.6 is 15.9 Å². The van der Waals surface area contributed by atoms with Crippen molar-refractivity contribution in [1.29, 1.82) is 0 Å². The lowest BCUT2D eigenvalue weighted by molar-refractivity contribution is 0.386. The van der Waals surface area contributed by atoms with Crippen LogP contribution in [0.25, 0.3) is 0 Å². The van der Waals surface area contributed by atoms with Crippen LogP contribution in [0.15, 0.2) is 26.8 Å². The average molecular weight is 289 g/mol. The van der Waals surface area contributed by atoms with Gasteiger partial charge in [-0.3, -0.25) is 0 Å². The van der Waals surface area contributed by atoms with Gasteiger partial charge in [-0.25, -0.2) is 4.39 Å². The van der Waals surface area contributed by atoms with Crippen LogP contribution in [0.2, 0.25) is 0 Å². The predicted octanol–water partition coefficient (Wildman–Crippen LogP) is 1.20. The molecular formula is C9H10BrFN4O. The van der Waals surface area contributed by atoms with Crippen molar-refractivity contribution in [2.75, 3.05) is 7.11 Å². The van der Waals surface area contributed by atoms with Gasteiger partial charge in [0.25, 0.3) is 0 Å². The number of hydrogen-bond donors (Lipinski definition) is 2. The third-order valence-electron chi connectivity index (χ3n) is 1.67. The monoisotopic (exact) mass is 288 g/mol. The van der Waals surface area contributed by atoms with E-state index in [4.69, 9.17) is 16.2 Å². The second-order valence-corrected chi connectivity index (χ2v) is 3.60. The molecule has 0 heterocycles. The maximum Gasteiger partial charge on any atom is 0.211 e. The number of benzene rings is 1. The van der Waals surface area contributed by atoms with Gasteiger partial charge in [-0.2, -0.15) is 5.10 Å². The first-order chi connectivity index (χ1) is 7.56. The number of hydrogen-bond acceptors (Lipinski definition) is 3. The minimum Gasteiger partial charge on any atom is -0.494 e. The van der Waals surface area contributed by atoms with Crippen LogP contribution in [-0.4, -0.2) is 19.3 Å². The molecule has 0 unspecified atom stereocenters. The lowest BCUT2D eigenvalue weighted by Gasteiger charge is -2.05. The van der Waals surface area contributed by atoms with E-state index in [1.54, 1.807) is 6.07 Å². The Morgan fingerprint density at radius 1 is 1.50 bits per heavy atom. The van der Waals surface area contributed by atoms with Crippen LogP contribution in [0.1, 0.15) is 5.56 Å². The smallest absolute Gasteiger partial charge is 0.211 e. The molecule has 0 spiro atoms. The van der Waals surface area contributed by atoms with E-state index in [9.17, 15) is 4.39 Å². The molecule has 0 aliphatic carbocycles. The topological polar surface area (TPSA) is 86.0 Å². The normalized spacial score (nSPS) is 10.4. The molecule has 4 N–H and O–H groups in total. The van der Waals surface area contributed by atoms with Gasteiger partial charge in [0, 0.05) is 10.0 Å². The first-order valence-corrected chi connectivity index (χ1v) is 4.99. The van der Waals surface area contributed by atoms with Crippen LogP contribution in [0.5, 0.6) is 5.75 Å². The summed E-state index contributed by atoms with van der Waals surface area (Å²) in [4.78, 5) is 0. The summed E-state index contributed by atoms with van der Waals surface area (Å²) in [5, 5.41) is 6.90. The van der Waals surface area contributed by atoms with Crippen molar-refractivity contribution in [2.45, 2.75) is 0 Å². The summed E-state index contributed by atoms with van der Waals surface area (Å²) in [5.74, 6) is -0.614. The minimum atomic E-state index is -0.536. The SMILES string of the molecule is COc1ccc(Br)c(C=NN=C(N)N)c1F. The van der Waals surface area contributed by atoms with Crippen molar-refractivity contribution in [3.8, 4) is 5.75 Å². The molecule has 0 aliphatic heterocycles. The maximum absolute atomic E-state index is 13.7. The number of halogens is 2. The van der Waals surface area contributed by atoms with Gasteiger partial charge in [0.05, 0.1) is 13.3 Å². The standard InChI is InChI=1S/C9H10BrFN4O/c1-16-7-3-2-6(10)5(8(7)11)4-14-15-9(12)13/h2-4H,1H3,(H4,12,13,15). The Balaban J connectivity index is 3.12. The molecule has 0 atom stereocenters. The van der Waals surface area contributed by atoms with Crippen molar-refractivity contribution in [2.24, 2.45) is 21.7 Å². The summed E-state index contributed by atoms with van der Waals surface area (Å²) in [6, 6.07) is 3.14. The van der Waals surface area contributed by atoms with E-state index < -0.39 is 5.82 Å². The second kappa shape index (κ2) is 5.45. The number of nitrogens with two attached hydrogens (primary N) is 2. The number of nitrogens with zero attached hydrogens (tertiary/aromatic N) is 2. The molecule has 86 valence electrons. The molecule has 1 aromatic carbocycles. The molecular weight excluding hydrogens is 279 g/mol. The van der Waals surface area contributed by atoms with Crippen LogP contribution in [-0.2, 0) is 0 Å². The molecule has 0 saturated heterocycles. The largest absolute Gasteiger partial charge is 0.494 e. The van der Waals surface area contributed by atoms with Gasteiger partial charge in [-0.15, -0.1) is 5.10 Å². The second-order valence-electron chi connectivity index (χ2n) is 2.75. The van der Waals surface area contributed by atoms with Crippen LogP contribution in [0, 0.1) is 5.82 Å². The lowest BCUT2D eigenvalue weighted by atomic mass is 10.2. The Bertz CT molecular complexity index is 443. The van der Waals surface area contributed by atoms with Crippen molar-refractivity contribution in [1.82, 2.24) is 0 Å². The summed E-state index contributed by atoms with van der Waals surface area (Å²) in [6.07, 6.45) is 1.20. The van der Waals surface area contributed by atoms with Crippen molar-refractivity contribution < 1.29 is 9.13 Å². The van der Waals surface area contributed by atoms with E-state index in [1.807, 2.05) is 0 Å². The summed E-state index contributed by atoms with van der Waals surface area (Å²) in [6.45, 7) is 0. The van der Waals surface area contributed by atoms with E-state index in [1.165, 1.54) is 19.4 Å². The molecule has 5 nitrogen and oxygen atoms in total. The fourth-order valence-corrected chi connectivity index (χ4v) is 1.39. The molecule has 0 aromatic heterocycles. The highest BCUT2D eigenvalue weighted by Gasteiger charge is 2.10. The van der Waals surface area contributed by atoms with E-state index >= 15 is 0 Å². The van der Waals surface area contributed by atoms with E-state index in [0.717, 1.165) is 0 Å². The molecule has 0 radical (unpaired) electrons. The molecule has 0 fully saturated rings. The third-order valence-corrected chi connectivity index (χ3v) is 2.36. The number of methoxy groups -OCH3 is 1. The molecule has 1 rings (SSSR count). The first-order valence-electron chi connectivity index (χ1n) is 4.20. The quantitative estimate of drug-likeness (QED) is 0.498. The van der Waals surface area contributed by atoms with E-state index in [0.29, 0.717) is 4.47 Å². The Labute approximate surface area is 100 Å². The zero-order valence-electron chi connectivity index (χ0n) is 8.45. The highest BCUT2D eigenvalue weighted by molar-refractivity contribution is 9.10.